The van der Waals surface area contributed by atoms with Crippen molar-refractivity contribution in [2.45, 2.75) is 6.18 Å². The standard InChI is InChI=1S/C19H12F3N3O/c20-19(21,22)14-7-4-8-15(11-14)24-16(13-5-2-1-3-6-13)12-17-23-10-9-18(26)25(17)24/h1-12H. The van der Waals surface area contributed by atoms with Gasteiger partial charge in [0.25, 0.3) is 5.56 Å². The number of hydrogen-bond donors (Lipinski definition) is 0. The van der Waals surface area contributed by atoms with Crippen molar-refractivity contribution in [2.24, 2.45) is 0 Å². The van der Waals surface area contributed by atoms with Gasteiger partial charge >= 0.3 is 6.18 Å². The summed E-state index contributed by atoms with van der Waals surface area (Å²) >= 11 is 0. The monoisotopic (exact) mass is 355 g/mol. The number of hydrogen-bond acceptors (Lipinski definition) is 2. The van der Waals surface area contributed by atoms with Crippen LogP contribution in [0, 0.1) is 0 Å². The van der Waals surface area contributed by atoms with E-state index >= 15 is 0 Å². The Morgan fingerprint density at radius 2 is 1.65 bits per heavy atom. The molecule has 26 heavy (non-hydrogen) atoms. The average Bonchev–Trinajstić information content (AvgIpc) is 3.03. The lowest BCUT2D eigenvalue weighted by molar-refractivity contribution is -0.137. The van der Waals surface area contributed by atoms with Crippen LogP contribution in [0.2, 0.25) is 0 Å². The average molecular weight is 355 g/mol. The molecule has 2 aromatic heterocycles. The summed E-state index contributed by atoms with van der Waals surface area (Å²) < 4.78 is 42.1. The van der Waals surface area contributed by atoms with E-state index in [9.17, 15) is 18.0 Å². The van der Waals surface area contributed by atoms with Gasteiger partial charge in [0.15, 0.2) is 5.65 Å². The van der Waals surface area contributed by atoms with Gasteiger partial charge in [0, 0.05) is 23.9 Å². The third kappa shape index (κ3) is 2.67. The molecule has 0 unspecified atom stereocenters. The third-order valence-corrected chi connectivity index (χ3v) is 4.03. The molecule has 0 N–H and O–H groups in total. The molecule has 0 spiro atoms. The minimum absolute atomic E-state index is 0.226. The normalized spacial score (nSPS) is 11.8. The fourth-order valence-electron chi connectivity index (χ4n) is 2.89. The molecule has 7 heteroatoms. The number of halogens is 3. The minimum atomic E-state index is -4.48. The second-order valence-corrected chi connectivity index (χ2v) is 5.71. The summed E-state index contributed by atoms with van der Waals surface area (Å²) in [6.07, 6.45) is -3.10. The van der Waals surface area contributed by atoms with E-state index in [-0.39, 0.29) is 11.2 Å². The van der Waals surface area contributed by atoms with Crippen LogP contribution in [0.15, 0.2) is 77.7 Å². The minimum Gasteiger partial charge on any atom is -0.267 e. The number of aromatic nitrogens is 3. The molecule has 2 aromatic carbocycles. The van der Waals surface area contributed by atoms with Gasteiger partial charge in [0.1, 0.15) is 0 Å². The predicted octanol–water partition coefficient (Wildman–Crippen LogP) is 4.17. The molecule has 0 aliphatic heterocycles. The number of nitrogens with zero attached hydrogens (tertiary/aromatic N) is 3. The van der Waals surface area contributed by atoms with E-state index in [0.717, 1.165) is 17.7 Å². The predicted molar refractivity (Wildman–Crippen MR) is 91.2 cm³/mol. The molecule has 2 heterocycles. The SMILES string of the molecule is O=c1ccnc2cc(-c3ccccc3)n(-c3cccc(C(F)(F)F)c3)n12. The maximum atomic E-state index is 13.1. The molecular weight excluding hydrogens is 343 g/mol. The maximum Gasteiger partial charge on any atom is 0.416 e. The first kappa shape index (κ1) is 16.1. The van der Waals surface area contributed by atoms with Crippen molar-refractivity contribution in [1.82, 2.24) is 14.2 Å². The van der Waals surface area contributed by atoms with Crippen molar-refractivity contribution in [3.8, 4) is 16.9 Å². The Morgan fingerprint density at radius 1 is 0.885 bits per heavy atom. The molecule has 0 saturated heterocycles. The summed E-state index contributed by atoms with van der Waals surface area (Å²) in [5.74, 6) is 0. The van der Waals surface area contributed by atoms with Crippen molar-refractivity contribution >= 4 is 5.65 Å². The summed E-state index contributed by atoms with van der Waals surface area (Å²) in [7, 11) is 0. The Morgan fingerprint density at radius 3 is 2.38 bits per heavy atom. The molecule has 0 saturated carbocycles. The molecule has 0 aliphatic carbocycles. The molecule has 0 bridgehead atoms. The van der Waals surface area contributed by atoms with Crippen molar-refractivity contribution in [3.63, 3.8) is 0 Å². The third-order valence-electron chi connectivity index (χ3n) is 4.03. The zero-order valence-electron chi connectivity index (χ0n) is 13.3. The van der Waals surface area contributed by atoms with Crippen LogP contribution in [0.4, 0.5) is 13.2 Å². The first-order valence-electron chi connectivity index (χ1n) is 7.78. The van der Waals surface area contributed by atoms with E-state index in [0.29, 0.717) is 11.3 Å². The van der Waals surface area contributed by atoms with Crippen molar-refractivity contribution in [1.29, 1.82) is 0 Å². The number of benzene rings is 2. The van der Waals surface area contributed by atoms with Gasteiger partial charge in [-0.25, -0.2) is 9.67 Å². The number of fused-ring (bicyclic) bond motifs is 1. The number of rotatable bonds is 2. The van der Waals surface area contributed by atoms with Crippen molar-refractivity contribution < 1.29 is 13.2 Å². The number of alkyl halides is 3. The summed E-state index contributed by atoms with van der Waals surface area (Å²) in [5, 5.41) is 0. The van der Waals surface area contributed by atoms with Gasteiger partial charge in [-0.2, -0.15) is 17.7 Å². The zero-order valence-corrected chi connectivity index (χ0v) is 13.3. The van der Waals surface area contributed by atoms with Gasteiger partial charge in [0.2, 0.25) is 0 Å². The molecule has 0 aliphatic rings. The Kier molecular flexibility index (Phi) is 3.64. The molecule has 0 radical (unpaired) electrons. The van der Waals surface area contributed by atoms with Crippen LogP contribution in [0.25, 0.3) is 22.6 Å². The van der Waals surface area contributed by atoms with Crippen LogP contribution < -0.4 is 5.56 Å². The Hall–Kier alpha value is -3.35. The van der Waals surface area contributed by atoms with Crippen LogP contribution in [-0.2, 0) is 6.18 Å². The van der Waals surface area contributed by atoms with Crippen molar-refractivity contribution in [3.05, 3.63) is 88.8 Å². The van der Waals surface area contributed by atoms with E-state index in [1.807, 2.05) is 30.3 Å². The van der Waals surface area contributed by atoms with Crippen LogP contribution in [-0.4, -0.2) is 14.2 Å². The molecule has 130 valence electrons. The van der Waals surface area contributed by atoms with E-state index in [2.05, 4.69) is 4.98 Å². The van der Waals surface area contributed by atoms with Gasteiger partial charge in [-0.15, -0.1) is 0 Å². The molecule has 4 aromatic rings. The second kappa shape index (κ2) is 5.87. The highest BCUT2D eigenvalue weighted by atomic mass is 19.4. The van der Waals surface area contributed by atoms with Crippen LogP contribution in [0.1, 0.15) is 5.56 Å². The van der Waals surface area contributed by atoms with Gasteiger partial charge in [-0.05, 0) is 18.2 Å². The van der Waals surface area contributed by atoms with E-state index in [4.69, 9.17) is 0 Å². The first-order chi connectivity index (χ1) is 12.4. The highest BCUT2D eigenvalue weighted by molar-refractivity contribution is 5.67. The lowest BCUT2D eigenvalue weighted by Gasteiger charge is -2.13. The molecule has 0 amide bonds. The Bertz CT molecular complexity index is 1140. The van der Waals surface area contributed by atoms with Crippen molar-refractivity contribution in [2.75, 3.05) is 0 Å². The highest BCUT2D eigenvalue weighted by Gasteiger charge is 2.31. The van der Waals surface area contributed by atoms with Crippen LogP contribution in [0.5, 0.6) is 0 Å². The largest absolute Gasteiger partial charge is 0.416 e. The molecule has 4 rings (SSSR count). The second-order valence-electron chi connectivity index (χ2n) is 5.71. The summed E-state index contributed by atoms with van der Waals surface area (Å²) in [6.45, 7) is 0. The van der Waals surface area contributed by atoms with Gasteiger partial charge in [-0.3, -0.25) is 4.79 Å². The zero-order chi connectivity index (χ0) is 18.3. The first-order valence-corrected chi connectivity index (χ1v) is 7.78. The smallest absolute Gasteiger partial charge is 0.267 e. The molecule has 4 nitrogen and oxygen atoms in total. The molecule has 0 atom stereocenters. The summed E-state index contributed by atoms with van der Waals surface area (Å²) in [6, 6.07) is 16.9. The van der Waals surface area contributed by atoms with Gasteiger partial charge < -0.3 is 0 Å². The lowest BCUT2D eigenvalue weighted by atomic mass is 10.1. The Labute approximate surface area is 145 Å². The van der Waals surface area contributed by atoms with Gasteiger partial charge in [0.05, 0.1) is 16.9 Å². The fraction of sp³-hybridized carbons (Fsp3) is 0.0526. The highest BCUT2D eigenvalue weighted by Crippen LogP contribution is 2.32. The van der Waals surface area contributed by atoms with Gasteiger partial charge in [-0.1, -0.05) is 36.4 Å². The fourth-order valence-corrected chi connectivity index (χ4v) is 2.89. The topological polar surface area (TPSA) is 39.3 Å². The summed E-state index contributed by atoms with van der Waals surface area (Å²) in [4.78, 5) is 16.5. The molecule has 0 fully saturated rings. The molecular formula is C19H12F3N3O. The lowest BCUT2D eigenvalue weighted by Crippen LogP contribution is -2.20. The maximum absolute atomic E-state index is 13.1. The van der Waals surface area contributed by atoms with E-state index in [1.165, 1.54) is 33.6 Å². The Balaban J connectivity index is 2.07. The quantitative estimate of drug-likeness (QED) is 0.541. The summed E-state index contributed by atoms with van der Waals surface area (Å²) in [5.41, 5.74) is 0.746. The van der Waals surface area contributed by atoms with E-state index < -0.39 is 11.7 Å². The van der Waals surface area contributed by atoms with E-state index in [1.54, 1.807) is 6.07 Å². The van der Waals surface area contributed by atoms with Crippen LogP contribution in [0.3, 0.4) is 0 Å². The van der Waals surface area contributed by atoms with Crippen LogP contribution >= 0.6 is 0 Å².